The molecule has 2 rings (SSSR count). The summed E-state index contributed by atoms with van der Waals surface area (Å²) in [6, 6.07) is 9.76. The number of methoxy groups -OCH3 is 2. The third kappa shape index (κ3) is 12.5. The number of benzene rings is 2. The summed E-state index contributed by atoms with van der Waals surface area (Å²) in [6.45, 7) is 5.78. The Hall–Kier alpha value is -2.25. The van der Waals surface area contributed by atoms with Gasteiger partial charge in [0.1, 0.15) is 0 Å². The zero-order valence-electron chi connectivity index (χ0n) is 20.0. The number of aromatic hydroxyl groups is 1. The number of carbonyl (C=O) groups is 2. The number of phenols is 1. The number of ketones is 2. The Kier molecular flexibility index (Phi) is 17.0. The number of carbonyl (C=O) groups excluding carboxylic acids is 2. The molecule has 0 saturated heterocycles. The number of halogens is 2. The maximum atomic E-state index is 11.2. The molecule has 0 saturated carbocycles. The minimum absolute atomic E-state index is 0.0263. The molecule has 0 fully saturated rings. The molecule has 0 bridgehead atoms. The number of alkyl halides is 2. The van der Waals surface area contributed by atoms with Crippen molar-refractivity contribution in [2.75, 3.05) is 32.0 Å². The minimum atomic E-state index is -0.0479. The summed E-state index contributed by atoms with van der Waals surface area (Å²) in [7, 11) is 3.02. The van der Waals surface area contributed by atoms with Crippen LogP contribution in [0.3, 0.4) is 0 Å². The van der Waals surface area contributed by atoms with Crippen LogP contribution in [0.2, 0.25) is 0 Å². The van der Waals surface area contributed by atoms with Crippen molar-refractivity contribution in [3.8, 4) is 23.0 Å². The molecule has 0 atom stereocenters. The number of rotatable bonds is 10. The van der Waals surface area contributed by atoms with E-state index in [1.54, 1.807) is 31.4 Å². The van der Waals surface area contributed by atoms with E-state index in [2.05, 4.69) is 22.9 Å². The normalized spacial score (nSPS) is 9.55. The van der Waals surface area contributed by atoms with Gasteiger partial charge in [-0.1, -0.05) is 29.3 Å². The Morgan fingerprint density at radius 2 is 1.45 bits per heavy atom. The molecule has 0 spiro atoms. The second-order valence-corrected chi connectivity index (χ2v) is 7.97. The molecule has 0 aliphatic rings. The number of Topliss-reactive ketones (excluding diaryl/α,β-unsaturated/α-hetero) is 2. The number of ether oxygens (including phenoxy) is 3. The fraction of sp³-hybridized carbons (Fsp3) is 0.440. The first kappa shape index (κ1) is 30.8. The number of unbranched alkanes of at least 4 members (excludes halogenated alkanes) is 1. The molecule has 0 amide bonds. The Bertz CT molecular complexity index is 855. The van der Waals surface area contributed by atoms with Crippen molar-refractivity contribution in [2.24, 2.45) is 0 Å². The average molecular weight is 546 g/mol. The molecule has 0 unspecified atom stereocenters. The van der Waals surface area contributed by atoms with Gasteiger partial charge in [-0.3, -0.25) is 9.59 Å². The molecular weight excluding hydrogens is 512 g/mol. The number of hydrogen-bond acceptors (Lipinski definition) is 6. The molecule has 0 aliphatic heterocycles. The summed E-state index contributed by atoms with van der Waals surface area (Å²) in [5.74, 6) is 2.42. The first-order valence-corrected chi connectivity index (χ1v) is 12.2. The van der Waals surface area contributed by atoms with E-state index in [0.717, 1.165) is 30.5 Å². The Labute approximate surface area is 210 Å². The van der Waals surface area contributed by atoms with Gasteiger partial charge in [0, 0.05) is 22.3 Å². The number of phenolic OH excluding ortho intramolecular Hbond substituents is 1. The van der Waals surface area contributed by atoms with Gasteiger partial charge in [-0.05, 0) is 63.1 Å². The molecule has 33 heavy (non-hydrogen) atoms. The van der Waals surface area contributed by atoms with Gasteiger partial charge in [0.05, 0.1) is 20.8 Å². The predicted octanol–water partition coefficient (Wildman–Crippen LogP) is 6.69. The Morgan fingerprint density at radius 1 is 0.909 bits per heavy atom. The highest BCUT2D eigenvalue weighted by atomic mass is 79.9. The van der Waals surface area contributed by atoms with Crippen molar-refractivity contribution in [1.29, 1.82) is 0 Å². The summed E-state index contributed by atoms with van der Waals surface area (Å²) >= 11 is 8.50. The maximum absolute atomic E-state index is 11.2. The van der Waals surface area contributed by atoms with Crippen LogP contribution in [0.4, 0.5) is 0 Å². The van der Waals surface area contributed by atoms with Crippen LogP contribution in [-0.2, 0) is 0 Å². The molecule has 1 N–H and O–H groups in total. The fourth-order valence-corrected chi connectivity index (χ4v) is 3.02. The molecule has 0 heterocycles. The van der Waals surface area contributed by atoms with Crippen molar-refractivity contribution < 1.29 is 28.9 Å². The zero-order chi connectivity index (χ0) is 25.2. The van der Waals surface area contributed by atoms with Gasteiger partial charge in [0.25, 0.3) is 0 Å². The van der Waals surface area contributed by atoms with Crippen LogP contribution in [0.1, 0.15) is 60.7 Å². The predicted molar refractivity (Wildman–Crippen MR) is 137 cm³/mol. The molecule has 0 aromatic heterocycles. The fourth-order valence-electron chi connectivity index (χ4n) is 2.28. The zero-order valence-corrected chi connectivity index (χ0v) is 22.3. The molecule has 0 aliphatic carbocycles. The van der Waals surface area contributed by atoms with E-state index < -0.39 is 0 Å². The van der Waals surface area contributed by atoms with Gasteiger partial charge in [0.15, 0.2) is 34.6 Å². The lowest BCUT2D eigenvalue weighted by atomic mass is 10.1. The smallest absolute Gasteiger partial charge is 0.161 e. The first-order valence-electron chi connectivity index (χ1n) is 10.6. The van der Waals surface area contributed by atoms with E-state index in [9.17, 15) is 14.7 Å². The monoisotopic (exact) mass is 544 g/mol. The topological polar surface area (TPSA) is 82.1 Å². The highest BCUT2D eigenvalue weighted by molar-refractivity contribution is 9.09. The molecule has 2 aromatic rings. The van der Waals surface area contributed by atoms with Crippen LogP contribution < -0.4 is 14.2 Å². The van der Waals surface area contributed by atoms with Gasteiger partial charge in [-0.15, -0.1) is 11.6 Å². The standard InChI is InChI=1S/C13H18O3.C9H10O3.C3H6BrCl/c1-4-5-8-16-12-7-6-11(10(2)14)9-13(12)15-3;1-6(10)7-3-4-8(11)9(5-7)12-2;4-2-1-3-5/h6-7,9H,4-5,8H2,1-3H3;3-5,11H,1-2H3;1-3H2. The van der Waals surface area contributed by atoms with E-state index in [4.69, 9.17) is 25.8 Å². The van der Waals surface area contributed by atoms with E-state index in [1.807, 2.05) is 0 Å². The van der Waals surface area contributed by atoms with Crippen molar-refractivity contribution in [3.05, 3.63) is 47.5 Å². The lowest BCUT2D eigenvalue weighted by Gasteiger charge is -2.11. The van der Waals surface area contributed by atoms with Crippen molar-refractivity contribution >= 4 is 39.1 Å². The van der Waals surface area contributed by atoms with E-state index in [1.165, 1.54) is 33.1 Å². The van der Waals surface area contributed by atoms with E-state index in [0.29, 0.717) is 35.0 Å². The third-order valence-corrected chi connectivity index (χ3v) is 5.01. The van der Waals surface area contributed by atoms with Crippen LogP contribution in [0.5, 0.6) is 23.0 Å². The molecule has 184 valence electrons. The summed E-state index contributed by atoms with van der Waals surface area (Å²) < 4.78 is 15.6. The number of hydrogen-bond donors (Lipinski definition) is 1. The van der Waals surface area contributed by atoms with Crippen molar-refractivity contribution in [1.82, 2.24) is 0 Å². The van der Waals surface area contributed by atoms with Gasteiger partial charge in [-0.25, -0.2) is 0 Å². The largest absolute Gasteiger partial charge is 0.504 e. The van der Waals surface area contributed by atoms with Crippen molar-refractivity contribution in [2.45, 2.75) is 40.0 Å². The second-order valence-electron chi connectivity index (χ2n) is 6.80. The Morgan fingerprint density at radius 3 is 1.88 bits per heavy atom. The summed E-state index contributed by atoms with van der Waals surface area (Å²) in [5.41, 5.74) is 1.17. The summed E-state index contributed by atoms with van der Waals surface area (Å²) in [4.78, 5) is 22.1. The van der Waals surface area contributed by atoms with Crippen LogP contribution in [0.15, 0.2) is 36.4 Å². The average Bonchev–Trinajstić information content (AvgIpc) is 2.80. The molecular formula is C25H34BrClO6. The van der Waals surface area contributed by atoms with E-state index >= 15 is 0 Å². The molecule has 8 heteroatoms. The van der Waals surface area contributed by atoms with Crippen LogP contribution >= 0.6 is 27.5 Å². The second kappa shape index (κ2) is 18.2. The molecule has 0 radical (unpaired) electrons. The van der Waals surface area contributed by atoms with Crippen molar-refractivity contribution in [3.63, 3.8) is 0 Å². The molecule has 2 aromatic carbocycles. The SMILES string of the molecule is CCCCOc1ccc(C(C)=O)cc1OC.COc1cc(C(C)=O)ccc1O.ClCCCBr. The first-order chi connectivity index (χ1) is 15.7. The maximum Gasteiger partial charge on any atom is 0.161 e. The van der Waals surface area contributed by atoms with Gasteiger partial charge in [0.2, 0.25) is 0 Å². The van der Waals surface area contributed by atoms with Gasteiger partial charge in [-0.2, -0.15) is 0 Å². The quantitative estimate of drug-likeness (QED) is 0.203. The lowest BCUT2D eigenvalue weighted by molar-refractivity contribution is 0.100. The summed E-state index contributed by atoms with van der Waals surface area (Å²) in [6.07, 6.45) is 3.17. The van der Waals surface area contributed by atoms with E-state index in [-0.39, 0.29) is 17.3 Å². The van der Waals surface area contributed by atoms with Gasteiger partial charge >= 0.3 is 0 Å². The van der Waals surface area contributed by atoms with Crippen LogP contribution in [0.25, 0.3) is 0 Å². The highest BCUT2D eigenvalue weighted by Crippen LogP contribution is 2.28. The minimum Gasteiger partial charge on any atom is -0.504 e. The third-order valence-electron chi connectivity index (χ3n) is 4.18. The highest BCUT2D eigenvalue weighted by Gasteiger charge is 2.08. The summed E-state index contributed by atoms with van der Waals surface area (Å²) in [5, 5.41) is 10.2. The van der Waals surface area contributed by atoms with Crippen LogP contribution in [-0.4, -0.2) is 48.7 Å². The van der Waals surface area contributed by atoms with Crippen LogP contribution in [0, 0.1) is 0 Å². The Balaban J connectivity index is 0.000000530. The molecule has 6 nitrogen and oxygen atoms in total. The van der Waals surface area contributed by atoms with Gasteiger partial charge < -0.3 is 19.3 Å². The lowest BCUT2D eigenvalue weighted by Crippen LogP contribution is -2.00.